The van der Waals surface area contributed by atoms with Crippen LogP contribution >= 0.6 is 0 Å². The number of ether oxygens (including phenoxy) is 1. The minimum absolute atomic E-state index is 0.257. The summed E-state index contributed by atoms with van der Waals surface area (Å²) in [6, 6.07) is 6.82. The quantitative estimate of drug-likeness (QED) is 0.782. The Balaban J connectivity index is 1.64. The molecule has 2 aliphatic heterocycles. The normalized spacial score (nSPS) is 29.0. The molecular weight excluding hydrogens is 299 g/mol. The van der Waals surface area contributed by atoms with Crippen LogP contribution in [0.2, 0.25) is 0 Å². The van der Waals surface area contributed by atoms with Crippen LogP contribution in [0.3, 0.4) is 0 Å². The Morgan fingerprint density at radius 2 is 1.67 bits per heavy atom. The molecule has 0 bridgehead atoms. The minimum Gasteiger partial charge on any atom is -0.399 e. The predicted molar refractivity (Wildman–Crippen MR) is 96.7 cm³/mol. The average molecular weight is 328 g/mol. The second-order valence-electron chi connectivity index (χ2n) is 8.61. The van der Waals surface area contributed by atoms with E-state index in [0.717, 1.165) is 13.0 Å². The third-order valence-corrected chi connectivity index (χ3v) is 6.19. The van der Waals surface area contributed by atoms with Crippen molar-refractivity contribution < 1.29 is 14.0 Å². The van der Waals surface area contributed by atoms with Crippen LogP contribution in [0, 0.1) is 0 Å². The van der Waals surface area contributed by atoms with Gasteiger partial charge in [-0.2, -0.15) is 0 Å². The lowest BCUT2D eigenvalue weighted by Crippen LogP contribution is -2.41. The molecule has 0 amide bonds. The lowest BCUT2D eigenvalue weighted by atomic mass is 9.74. The molecule has 0 radical (unpaired) electrons. The van der Waals surface area contributed by atoms with E-state index in [4.69, 9.17) is 14.0 Å². The molecule has 2 heterocycles. The Kier molecular flexibility index (Phi) is 4.06. The van der Waals surface area contributed by atoms with E-state index >= 15 is 0 Å². The highest BCUT2D eigenvalue weighted by molar-refractivity contribution is 6.62. The topological polar surface area (TPSA) is 27.7 Å². The first-order valence-corrected chi connectivity index (χ1v) is 9.48. The van der Waals surface area contributed by atoms with Crippen LogP contribution in [-0.2, 0) is 14.0 Å². The van der Waals surface area contributed by atoms with E-state index < -0.39 is 0 Å². The molecule has 1 aromatic carbocycles. The van der Waals surface area contributed by atoms with Crippen molar-refractivity contribution in [3.05, 3.63) is 29.3 Å². The second kappa shape index (κ2) is 5.86. The Morgan fingerprint density at radius 3 is 2.25 bits per heavy atom. The van der Waals surface area contributed by atoms with Gasteiger partial charge < -0.3 is 14.0 Å². The molecule has 130 valence electrons. The van der Waals surface area contributed by atoms with Gasteiger partial charge in [0.1, 0.15) is 0 Å². The fourth-order valence-corrected chi connectivity index (χ4v) is 3.73. The Labute approximate surface area is 146 Å². The number of hydrogen-bond acceptors (Lipinski definition) is 3. The minimum atomic E-state index is -0.288. The van der Waals surface area contributed by atoms with E-state index in [1.165, 1.54) is 42.3 Å². The zero-order chi connectivity index (χ0) is 16.9. The van der Waals surface area contributed by atoms with E-state index in [2.05, 4.69) is 45.9 Å². The summed E-state index contributed by atoms with van der Waals surface area (Å²) in [6.45, 7) is 9.37. The third kappa shape index (κ3) is 2.93. The van der Waals surface area contributed by atoms with Crippen molar-refractivity contribution in [3.63, 3.8) is 0 Å². The molecule has 4 heteroatoms. The van der Waals surface area contributed by atoms with E-state index in [1.54, 1.807) is 0 Å². The maximum Gasteiger partial charge on any atom is 0.495 e. The first kappa shape index (κ1) is 16.6. The van der Waals surface area contributed by atoms with Gasteiger partial charge in [0.05, 0.1) is 17.3 Å². The maximum absolute atomic E-state index is 6.30. The van der Waals surface area contributed by atoms with E-state index in [9.17, 15) is 0 Å². The highest BCUT2D eigenvalue weighted by Crippen LogP contribution is 2.43. The van der Waals surface area contributed by atoms with E-state index in [-0.39, 0.29) is 24.4 Å². The largest absolute Gasteiger partial charge is 0.495 e. The van der Waals surface area contributed by atoms with Gasteiger partial charge in [0.15, 0.2) is 0 Å². The van der Waals surface area contributed by atoms with Gasteiger partial charge in [-0.1, -0.05) is 18.2 Å². The van der Waals surface area contributed by atoms with Crippen molar-refractivity contribution in [2.24, 2.45) is 0 Å². The van der Waals surface area contributed by atoms with Crippen LogP contribution in [0.4, 0.5) is 0 Å². The van der Waals surface area contributed by atoms with E-state index in [1.807, 2.05) is 0 Å². The fourth-order valence-electron chi connectivity index (χ4n) is 3.73. The van der Waals surface area contributed by atoms with Crippen molar-refractivity contribution in [2.45, 2.75) is 83.0 Å². The molecule has 1 atom stereocenters. The Hall–Kier alpha value is -0.835. The maximum atomic E-state index is 6.30. The van der Waals surface area contributed by atoms with Gasteiger partial charge in [0, 0.05) is 6.61 Å². The molecule has 1 aliphatic carbocycles. The molecule has 0 spiro atoms. The third-order valence-electron chi connectivity index (χ3n) is 6.19. The smallest absolute Gasteiger partial charge is 0.399 e. The van der Waals surface area contributed by atoms with Gasteiger partial charge in [0.25, 0.3) is 0 Å². The van der Waals surface area contributed by atoms with Crippen LogP contribution in [0.5, 0.6) is 0 Å². The highest BCUT2D eigenvalue weighted by atomic mass is 16.7. The first-order valence-electron chi connectivity index (χ1n) is 9.48. The molecule has 1 unspecified atom stereocenters. The Bertz CT molecular complexity index is 599. The first-order chi connectivity index (χ1) is 11.4. The second-order valence-corrected chi connectivity index (χ2v) is 8.61. The molecule has 0 aromatic heterocycles. The summed E-state index contributed by atoms with van der Waals surface area (Å²) in [5.74, 6) is 0.669. The van der Waals surface area contributed by atoms with Crippen LogP contribution in [0.15, 0.2) is 18.2 Å². The summed E-state index contributed by atoms with van der Waals surface area (Å²) in [6.07, 6.45) is 6.42. The predicted octanol–water partition coefficient (Wildman–Crippen LogP) is 4.10. The summed E-state index contributed by atoms with van der Waals surface area (Å²) in [4.78, 5) is 0. The van der Waals surface area contributed by atoms with Crippen LogP contribution in [0.25, 0.3) is 0 Å². The van der Waals surface area contributed by atoms with Crippen molar-refractivity contribution in [1.82, 2.24) is 0 Å². The van der Waals surface area contributed by atoms with E-state index in [0.29, 0.717) is 5.92 Å². The van der Waals surface area contributed by atoms with Crippen LogP contribution in [0.1, 0.15) is 82.9 Å². The van der Waals surface area contributed by atoms with Crippen molar-refractivity contribution in [3.8, 4) is 0 Å². The summed E-state index contributed by atoms with van der Waals surface area (Å²) in [7, 11) is -0.257. The van der Waals surface area contributed by atoms with Gasteiger partial charge >= 0.3 is 7.12 Å². The summed E-state index contributed by atoms with van der Waals surface area (Å²) < 4.78 is 18.6. The molecule has 1 aromatic rings. The van der Waals surface area contributed by atoms with Crippen molar-refractivity contribution >= 4 is 12.6 Å². The summed E-state index contributed by atoms with van der Waals surface area (Å²) in [5.41, 5.74) is 3.39. The van der Waals surface area contributed by atoms with Crippen LogP contribution in [-0.4, -0.2) is 24.9 Å². The highest BCUT2D eigenvalue weighted by Gasteiger charge is 2.52. The van der Waals surface area contributed by atoms with Gasteiger partial charge in [-0.15, -0.1) is 0 Å². The fraction of sp³-hybridized carbons (Fsp3) is 0.700. The molecule has 3 fully saturated rings. The van der Waals surface area contributed by atoms with Crippen LogP contribution < -0.4 is 5.46 Å². The molecule has 3 nitrogen and oxygen atoms in total. The lowest BCUT2D eigenvalue weighted by Gasteiger charge is -2.32. The summed E-state index contributed by atoms with van der Waals surface area (Å²) >= 11 is 0. The molecule has 4 rings (SSSR count). The standard InChI is InChI=1S/C20H29BO3/c1-19(2)20(3,4)24-21(23-19)17-11-10-15(13-16(17)14-8-9-14)18-7-5-6-12-22-18/h10-11,13-14,18H,5-9,12H2,1-4H3. The summed E-state index contributed by atoms with van der Waals surface area (Å²) in [5, 5.41) is 0. The molecule has 2 saturated heterocycles. The molecular formula is C20H29BO3. The zero-order valence-corrected chi connectivity index (χ0v) is 15.4. The molecule has 3 aliphatic rings. The van der Waals surface area contributed by atoms with Crippen molar-refractivity contribution in [1.29, 1.82) is 0 Å². The molecule has 1 saturated carbocycles. The van der Waals surface area contributed by atoms with Gasteiger partial charge in [-0.25, -0.2) is 0 Å². The van der Waals surface area contributed by atoms with Gasteiger partial charge in [0.2, 0.25) is 0 Å². The number of rotatable bonds is 3. The molecule has 24 heavy (non-hydrogen) atoms. The zero-order valence-electron chi connectivity index (χ0n) is 15.4. The van der Waals surface area contributed by atoms with Gasteiger partial charge in [-0.3, -0.25) is 0 Å². The lowest BCUT2D eigenvalue weighted by molar-refractivity contribution is 0.00578. The van der Waals surface area contributed by atoms with Gasteiger partial charge in [-0.05, 0) is 82.3 Å². The number of benzene rings is 1. The monoisotopic (exact) mass is 328 g/mol. The van der Waals surface area contributed by atoms with Crippen molar-refractivity contribution in [2.75, 3.05) is 6.61 Å². The molecule has 0 N–H and O–H groups in total. The Morgan fingerprint density at radius 1 is 0.958 bits per heavy atom. The SMILES string of the molecule is CC1(C)OB(c2ccc(C3CCCCO3)cc2C2CC2)OC1(C)C. The number of hydrogen-bond donors (Lipinski definition) is 0. The average Bonchev–Trinajstić information content (AvgIpc) is 3.35.